The van der Waals surface area contributed by atoms with Gasteiger partial charge in [0, 0.05) is 31.6 Å². The number of hydrogen-bond acceptors (Lipinski definition) is 4. The number of aromatic amines is 1. The molecule has 3 rings (SSSR count). The van der Waals surface area contributed by atoms with E-state index in [4.69, 9.17) is 0 Å². The summed E-state index contributed by atoms with van der Waals surface area (Å²) >= 11 is 1.90. The van der Waals surface area contributed by atoms with Crippen molar-refractivity contribution < 1.29 is 4.79 Å². The number of aromatic nitrogens is 3. The van der Waals surface area contributed by atoms with Crippen LogP contribution in [-0.4, -0.2) is 50.2 Å². The van der Waals surface area contributed by atoms with E-state index in [-0.39, 0.29) is 11.5 Å². The highest BCUT2D eigenvalue weighted by atomic mass is 32.2. The number of rotatable bonds is 2. The fourth-order valence-corrected chi connectivity index (χ4v) is 4.05. The zero-order valence-electron chi connectivity index (χ0n) is 13.8. The number of H-pyrrole nitrogens is 1. The minimum absolute atomic E-state index is 0.132. The standard InChI is InChI=1S/C16H22N4O2S/c1-10-12(9-13(21)20-5-4-7-23-8-6-20)11(2)17-15-14(10)16(22)18-19(15)3/h4-9H2,1-3H3,(H,18,22). The van der Waals surface area contributed by atoms with Gasteiger partial charge in [-0.1, -0.05) is 0 Å². The van der Waals surface area contributed by atoms with Crippen LogP contribution in [0.1, 0.15) is 23.2 Å². The van der Waals surface area contributed by atoms with E-state index in [1.165, 1.54) is 0 Å². The number of nitrogens with zero attached hydrogens (tertiary/aromatic N) is 3. The molecule has 0 bridgehead atoms. The zero-order chi connectivity index (χ0) is 16.6. The number of fused-ring (bicyclic) bond motifs is 1. The second-order valence-electron chi connectivity index (χ2n) is 6.02. The predicted octanol–water partition coefficient (Wildman–Crippen LogP) is 1.39. The van der Waals surface area contributed by atoms with Gasteiger partial charge in [-0.15, -0.1) is 0 Å². The Kier molecular flexibility index (Phi) is 4.48. The van der Waals surface area contributed by atoms with Gasteiger partial charge in [-0.3, -0.25) is 19.4 Å². The molecule has 1 amide bonds. The summed E-state index contributed by atoms with van der Waals surface area (Å²) in [5.74, 6) is 2.25. The Bertz CT molecular complexity index is 800. The van der Waals surface area contributed by atoms with Gasteiger partial charge in [0.2, 0.25) is 5.91 Å². The first kappa shape index (κ1) is 16.1. The SMILES string of the molecule is Cc1nc2c(c(C)c1CC(=O)N1CCCSCC1)c(=O)[nH]n2C. The molecule has 2 aromatic heterocycles. The molecule has 0 aliphatic carbocycles. The van der Waals surface area contributed by atoms with Crippen LogP contribution in [0.5, 0.6) is 0 Å². The Balaban J connectivity index is 1.95. The highest BCUT2D eigenvalue weighted by Crippen LogP contribution is 2.21. The van der Waals surface area contributed by atoms with Crippen molar-refractivity contribution in [2.24, 2.45) is 7.05 Å². The molecule has 2 aromatic rings. The number of carbonyl (C=O) groups excluding carboxylic acids is 1. The van der Waals surface area contributed by atoms with Gasteiger partial charge < -0.3 is 4.90 Å². The summed E-state index contributed by atoms with van der Waals surface area (Å²) in [5, 5.41) is 3.33. The van der Waals surface area contributed by atoms with Crippen molar-refractivity contribution in [3.8, 4) is 0 Å². The summed E-state index contributed by atoms with van der Waals surface area (Å²) in [6.07, 6.45) is 1.36. The van der Waals surface area contributed by atoms with E-state index >= 15 is 0 Å². The van der Waals surface area contributed by atoms with E-state index in [1.54, 1.807) is 11.7 Å². The maximum absolute atomic E-state index is 12.6. The number of thioether (sulfide) groups is 1. The molecule has 0 aromatic carbocycles. The highest BCUT2D eigenvalue weighted by Gasteiger charge is 2.21. The van der Waals surface area contributed by atoms with Crippen LogP contribution in [0.15, 0.2) is 4.79 Å². The van der Waals surface area contributed by atoms with E-state index in [0.29, 0.717) is 17.5 Å². The molecule has 7 heteroatoms. The monoisotopic (exact) mass is 334 g/mol. The van der Waals surface area contributed by atoms with Crippen molar-refractivity contribution in [2.45, 2.75) is 26.7 Å². The molecule has 1 aliphatic rings. The average molecular weight is 334 g/mol. The van der Waals surface area contributed by atoms with E-state index in [0.717, 1.165) is 47.8 Å². The minimum atomic E-state index is -0.146. The van der Waals surface area contributed by atoms with E-state index < -0.39 is 0 Å². The number of nitrogens with one attached hydrogen (secondary N) is 1. The van der Waals surface area contributed by atoms with Crippen LogP contribution in [0.25, 0.3) is 11.0 Å². The number of aryl methyl sites for hydroxylation is 3. The van der Waals surface area contributed by atoms with Crippen LogP contribution in [0, 0.1) is 13.8 Å². The Morgan fingerprint density at radius 3 is 2.87 bits per heavy atom. The smallest absolute Gasteiger partial charge is 0.273 e. The van der Waals surface area contributed by atoms with Crippen LogP contribution < -0.4 is 5.56 Å². The van der Waals surface area contributed by atoms with Crippen LogP contribution in [0.2, 0.25) is 0 Å². The number of carbonyl (C=O) groups is 1. The molecule has 0 saturated carbocycles. The van der Waals surface area contributed by atoms with Gasteiger partial charge in [-0.05, 0) is 37.1 Å². The molecule has 23 heavy (non-hydrogen) atoms. The van der Waals surface area contributed by atoms with E-state index in [2.05, 4.69) is 10.1 Å². The van der Waals surface area contributed by atoms with Gasteiger partial charge in [-0.2, -0.15) is 11.8 Å². The minimum Gasteiger partial charge on any atom is -0.342 e. The maximum Gasteiger partial charge on any atom is 0.273 e. The van der Waals surface area contributed by atoms with Crippen molar-refractivity contribution in [3.63, 3.8) is 0 Å². The zero-order valence-corrected chi connectivity index (χ0v) is 14.6. The van der Waals surface area contributed by atoms with Crippen molar-refractivity contribution in [3.05, 3.63) is 27.2 Å². The lowest BCUT2D eigenvalue weighted by Gasteiger charge is -2.21. The fourth-order valence-electron chi connectivity index (χ4n) is 3.17. The lowest BCUT2D eigenvalue weighted by molar-refractivity contribution is -0.130. The van der Waals surface area contributed by atoms with E-state index in [1.807, 2.05) is 30.5 Å². The van der Waals surface area contributed by atoms with Crippen LogP contribution in [0.3, 0.4) is 0 Å². The van der Waals surface area contributed by atoms with Gasteiger partial charge in [0.15, 0.2) is 5.65 Å². The third-order valence-corrected chi connectivity index (χ3v) is 5.53. The number of pyridine rings is 1. The van der Waals surface area contributed by atoms with E-state index in [9.17, 15) is 9.59 Å². The van der Waals surface area contributed by atoms with Crippen molar-refractivity contribution >= 4 is 28.7 Å². The lowest BCUT2D eigenvalue weighted by atomic mass is 10.0. The summed E-state index contributed by atoms with van der Waals surface area (Å²) in [6.45, 7) is 5.45. The third-order valence-electron chi connectivity index (χ3n) is 4.48. The summed E-state index contributed by atoms with van der Waals surface area (Å²) in [6, 6.07) is 0. The molecule has 1 fully saturated rings. The predicted molar refractivity (Wildman–Crippen MR) is 93.0 cm³/mol. The second-order valence-corrected chi connectivity index (χ2v) is 7.25. The molecule has 0 unspecified atom stereocenters. The summed E-state index contributed by atoms with van der Waals surface area (Å²) in [7, 11) is 1.77. The number of hydrogen-bond donors (Lipinski definition) is 1. The molecule has 0 atom stereocenters. The van der Waals surface area contributed by atoms with Crippen molar-refractivity contribution in [1.29, 1.82) is 0 Å². The van der Waals surface area contributed by atoms with Gasteiger partial charge in [-0.25, -0.2) is 4.98 Å². The molecule has 1 saturated heterocycles. The maximum atomic E-state index is 12.6. The molecule has 0 radical (unpaired) electrons. The second kappa shape index (κ2) is 6.39. The average Bonchev–Trinajstić information content (AvgIpc) is 2.72. The molecule has 1 N–H and O–H groups in total. The van der Waals surface area contributed by atoms with Crippen LogP contribution in [0.4, 0.5) is 0 Å². The summed E-state index contributed by atoms with van der Waals surface area (Å²) < 4.78 is 1.63. The highest BCUT2D eigenvalue weighted by molar-refractivity contribution is 7.99. The topological polar surface area (TPSA) is 71.0 Å². The molecule has 124 valence electrons. The van der Waals surface area contributed by atoms with Gasteiger partial charge >= 0.3 is 0 Å². The molecule has 0 spiro atoms. The van der Waals surface area contributed by atoms with Gasteiger partial charge in [0.25, 0.3) is 5.56 Å². The largest absolute Gasteiger partial charge is 0.342 e. The molecule has 1 aliphatic heterocycles. The quantitative estimate of drug-likeness (QED) is 0.901. The first-order chi connectivity index (χ1) is 11.0. The van der Waals surface area contributed by atoms with Crippen molar-refractivity contribution in [2.75, 3.05) is 24.6 Å². The first-order valence-corrected chi connectivity index (χ1v) is 9.05. The Morgan fingerprint density at radius 1 is 1.30 bits per heavy atom. The normalized spacial score (nSPS) is 15.9. The molecule has 3 heterocycles. The Labute approximate surface area is 139 Å². The molecular formula is C16H22N4O2S. The summed E-state index contributed by atoms with van der Waals surface area (Å²) in [5.41, 5.74) is 3.07. The summed E-state index contributed by atoms with van der Waals surface area (Å²) in [4.78, 5) is 31.2. The van der Waals surface area contributed by atoms with Gasteiger partial charge in [0.1, 0.15) is 0 Å². The number of amides is 1. The first-order valence-electron chi connectivity index (χ1n) is 7.89. The third kappa shape index (κ3) is 3.02. The Morgan fingerprint density at radius 2 is 2.09 bits per heavy atom. The molecular weight excluding hydrogens is 312 g/mol. The molecule has 6 nitrogen and oxygen atoms in total. The Hall–Kier alpha value is -1.76. The van der Waals surface area contributed by atoms with Gasteiger partial charge in [0.05, 0.1) is 11.8 Å². The van der Waals surface area contributed by atoms with Crippen LogP contribution >= 0.6 is 11.8 Å². The van der Waals surface area contributed by atoms with Crippen molar-refractivity contribution in [1.82, 2.24) is 19.7 Å². The fraction of sp³-hybridized carbons (Fsp3) is 0.562. The lowest BCUT2D eigenvalue weighted by Crippen LogP contribution is -2.34. The van der Waals surface area contributed by atoms with Crippen LogP contribution in [-0.2, 0) is 18.3 Å².